The number of halogens is 1. The van der Waals surface area contributed by atoms with Crippen LogP contribution in [0.15, 0.2) is 47.5 Å². The van der Waals surface area contributed by atoms with Gasteiger partial charge in [-0.2, -0.15) is 4.98 Å². The molecule has 3 heterocycles. The van der Waals surface area contributed by atoms with Crippen molar-refractivity contribution in [3.63, 3.8) is 0 Å². The van der Waals surface area contributed by atoms with Crippen LogP contribution in [0.3, 0.4) is 0 Å². The van der Waals surface area contributed by atoms with E-state index in [-0.39, 0.29) is 39.7 Å². The van der Waals surface area contributed by atoms with E-state index in [4.69, 9.17) is 16.3 Å². The minimum atomic E-state index is -3.57. The van der Waals surface area contributed by atoms with Crippen LogP contribution in [0.2, 0.25) is 5.02 Å². The van der Waals surface area contributed by atoms with Crippen LogP contribution in [-0.2, 0) is 16.4 Å². The summed E-state index contributed by atoms with van der Waals surface area (Å²) in [5.74, 6) is 1.05. The van der Waals surface area contributed by atoms with Crippen LogP contribution in [-0.4, -0.2) is 70.6 Å². The Labute approximate surface area is 265 Å². The first-order valence-electron chi connectivity index (χ1n) is 15.1. The molecular formula is C32H41ClN6O4S. The summed E-state index contributed by atoms with van der Waals surface area (Å²) in [7, 11) is -3.57. The molecule has 0 bridgehead atoms. The number of para-hydroxylation sites is 1. The summed E-state index contributed by atoms with van der Waals surface area (Å²) in [6.07, 6.45) is 3.23. The second kappa shape index (κ2) is 12.9. The maximum absolute atomic E-state index is 13.6. The van der Waals surface area contributed by atoms with E-state index in [0.29, 0.717) is 35.3 Å². The van der Waals surface area contributed by atoms with Gasteiger partial charge in [0.15, 0.2) is 15.7 Å². The molecule has 0 radical (unpaired) electrons. The van der Waals surface area contributed by atoms with Crippen LogP contribution in [0.5, 0.6) is 5.75 Å². The van der Waals surface area contributed by atoms with Crippen molar-refractivity contribution in [3.8, 4) is 5.75 Å². The van der Waals surface area contributed by atoms with Crippen molar-refractivity contribution in [3.05, 3.63) is 58.7 Å². The Kier molecular flexibility index (Phi) is 9.38. The zero-order valence-electron chi connectivity index (χ0n) is 26.1. The van der Waals surface area contributed by atoms with Crippen LogP contribution in [0, 0.1) is 0 Å². The molecule has 0 unspecified atom stereocenters. The molecule has 2 aromatic carbocycles. The third kappa shape index (κ3) is 6.64. The average Bonchev–Trinajstić information content (AvgIpc) is 3.29. The van der Waals surface area contributed by atoms with E-state index >= 15 is 0 Å². The molecule has 44 heavy (non-hydrogen) atoms. The number of carbonyl (C=O) groups excluding carboxylic acids is 1. The van der Waals surface area contributed by atoms with Gasteiger partial charge in [0.05, 0.1) is 33.8 Å². The van der Waals surface area contributed by atoms with E-state index in [9.17, 15) is 13.2 Å². The quantitative estimate of drug-likeness (QED) is 0.259. The number of likely N-dealkylation sites (tertiary alicyclic amines) is 1. The first-order valence-corrected chi connectivity index (χ1v) is 17.1. The van der Waals surface area contributed by atoms with Crippen molar-refractivity contribution in [2.24, 2.45) is 0 Å². The number of carbonyl (C=O) groups is 1. The molecule has 1 fully saturated rings. The molecule has 2 N–H and O–H groups in total. The summed E-state index contributed by atoms with van der Waals surface area (Å²) >= 11 is 6.45. The number of hydrogen-bond donors (Lipinski definition) is 2. The van der Waals surface area contributed by atoms with E-state index in [1.54, 1.807) is 38.1 Å². The first-order chi connectivity index (χ1) is 20.8. The topological polar surface area (TPSA) is 117 Å². The van der Waals surface area contributed by atoms with Gasteiger partial charge in [-0.05, 0) is 84.2 Å². The number of nitrogens with zero attached hydrogens (tertiary/aromatic N) is 4. The summed E-state index contributed by atoms with van der Waals surface area (Å²) in [6.45, 7) is 14.1. The van der Waals surface area contributed by atoms with Gasteiger partial charge in [-0.15, -0.1) is 0 Å². The fourth-order valence-corrected chi connectivity index (χ4v) is 6.99. The van der Waals surface area contributed by atoms with Crippen LogP contribution in [0.25, 0.3) is 0 Å². The normalized spacial score (nSPS) is 16.2. The molecule has 1 saturated heterocycles. The molecule has 0 atom stereocenters. The predicted octanol–water partition coefficient (Wildman–Crippen LogP) is 6.42. The Hall–Kier alpha value is -3.41. The minimum absolute atomic E-state index is 0.0180. The van der Waals surface area contributed by atoms with Crippen molar-refractivity contribution < 1.29 is 17.9 Å². The second-order valence-corrected chi connectivity index (χ2v) is 15.1. The van der Waals surface area contributed by atoms with Gasteiger partial charge >= 0.3 is 0 Å². The summed E-state index contributed by atoms with van der Waals surface area (Å²) in [4.78, 5) is 27.2. The maximum atomic E-state index is 13.6. The van der Waals surface area contributed by atoms with E-state index in [2.05, 4.69) is 39.3 Å². The number of amides is 1. The van der Waals surface area contributed by atoms with E-state index in [1.165, 1.54) is 6.20 Å². The van der Waals surface area contributed by atoms with Crippen LogP contribution in [0.4, 0.5) is 23.1 Å². The zero-order valence-corrected chi connectivity index (χ0v) is 27.7. The zero-order chi connectivity index (χ0) is 31.8. The molecule has 5 rings (SSSR count). The van der Waals surface area contributed by atoms with Crippen molar-refractivity contribution in [2.75, 3.05) is 23.7 Å². The highest BCUT2D eigenvalue weighted by Gasteiger charge is 2.36. The SMILES string of the molecule is CC(C)Oc1cc2c(cc1Nc1ncc(Cl)c(Nc3ccccc3S(=O)(=O)C(C)C)n1)C(=O)N(C1CCN(C(C)C)CC1)C2. The Morgan fingerprint density at radius 1 is 1.00 bits per heavy atom. The summed E-state index contributed by atoms with van der Waals surface area (Å²) < 4.78 is 32.1. The van der Waals surface area contributed by atoms with Crippen molar-refractivity contribution in [1.82, 2.24) is 19.8 Å². The van der Waals surface area contributed by atoms with Gasteiger partial charge in [0.25, 0.3) is 5.91 Å². The number of fused-ring (bicyclic) bond motifs is 1. The third-order valence-corrected chi connectivity index (χ3v) is 10.6. The molecule has 0 saturated carbocycles. The number of piperidine rings is 1. The van der Waals surface area contributed by atoms with Crippen LogP contribution < -0.4 is 15.4 Å². The number of rotatable bonds is 10. The van der Waals surface area contributed by atoms with E-state index in [0.717, 1.165) is 31.5 Å². The lowest BCUT2D eigenvalue weighted by atomic mass is 10.0. The molecule has 10 nitrogen and oxygen atoms in total. The fraction of sp³-hybridized carbons (Fsp3) is 0.469. The standard InChI is InChI=1S/C32H41ClN6O4S/c1-19(2)38-13-11-23(12-14-38)39-18-22-15-28(43-20(3)4)27(16-24(22)31(39)40)36-32-34-17-25(33)30(37-32)35-26-9-7-8-10-29(26)44(41,42)21(5)6/h7-10,15-17,19-21,23H,11-14,18H2,1-6H3,(H2,34,35,36,37). The van der Waals surface area contributed by atoms with Gasteiger partial charge in [-0.3, -0.25) is 4.79 Å². The molecule has 2 aliphatic rings. The minimum Gasteiger partial charge on any atom is -0.489 e. The van der Waals surface area contributed by atoms with Gasteiger partial charge < -0.3 is 25.2 Å². The smallest absolute Gasteiger partial charge is 0.254 e. The molecule has 0 aliphatic carbocycles. The molecular weight excluding hydrogens is 600 g/mol. The van der Waals surface area contributed by atoms with Crippen molar-refractivity contribution in [2.45, 2.75) is 89.3 Å². The number of nitrogens with one attached hydrogen (secondary N) is 2. The number of aromatic nitrogens is 2. The number of benzene rings is 2. The number of hydrogen-bond acceptors (Lipinski definition) is 9. The van der Waals surface area contributed by atoms with Gasteiger partial charge in [0.2, 0.25) is 5.95 Å². The summed E-state index contributed by atoms with van der Waals surface area (Å²) in [6, 6.07) is 11.1. The molecule has 1 aromatic heterocycles. The molecule has 236 valence electrons. The lowest BCUT2D eigenvalue weighted by Crippen LogP contribution is -2.46. The van der Waals surface area contributed by atoms with E-state index in [1.807, 2.05) is 30.9 Å². The number of ether oxygens (including phenoxy) is 1. The first kappa shape index (κ1) is 32.0. The average molecular weight is 641 g/mol. The van der Waals surface area contributed by atoms with Gasteiger partial charge in [-0.1, -0.05) is 23.7 Å². The van der Waals surface area contributed by atoms with Crippen molar-refractivity contribution in [1.29, 1.82) is 0 Å². The lowest BCUT2D eigenvalue weighted by molar-refractivity contribution is 0.0566. The van der Waals surface area contributed by atoms with Gasteiger partial charge in [0, 0.05) is 37.3 Å². The third-order valence-electron chi connectivity index (χ3n) is 8.13. The Bertz CT molecular complexity index is 1640. The molecule has 3 aromatic rings. The molecule has 12 heteroatoms. The Balaban J connectivity index is 1.42. The highest BCUT2D eigenvalue weighted by Crippen LogP contribution is 2.38. The lowest BCUT2D eigenvalue weighted by Gasteiger charge is -2.38. The number of sulfone groups is 1. The predicted molar refractivity (Wildman–Crippen MR) is 174 cm³/mol. The van der Waals surface area contributed by atoms with Gasteiger partial charge in [-0.25, -0.2) is 13.4 Å². The van der Waals surface area contributed by atoms with E-state index < -0.39 is 15.1 Å². The monoisotopic (exact) mass is 640 g/mol. The molecule has 0 spiro atoms. The van der Waals surface area contributed by atoms with Gasteiger partial charge in [0.1, 0.15) is 10.8 Å². The summed E-state index contributed by atoms with van der Waals surface area (Å²) in [5, 5.41) is 5.91. The van der Waals surface area contributed by atoms with Crippen LogP contribution in [0.1, 0.15) is 70.3 Å². The highest BCUT2D eigenvalue weighted by atomic mass is 35.5. The highest BCUT2D eigenvalue weighted by molar-refractivity contribution is 7.92. The fourth-order valence-electron chi connectivity index (χ4n) is 5.65. The summed E-state index contributed by atoms with van der Waals surface area (Å²) in [5.41, 5.74) is 2.48. The largest absolute Gasteiger partial charge is 0.489 e. The number of anilines is 4. The Morgan fingerprint density at radius 3 is 2.36 bits per heavy atom. The second-order valence-electron chi connectivity index (χ2n) is 12.2. The molecule has 1 amide bonds. The molecule has 2 aliphatic heterocycles. The Morgan fingerprint density at radius 2 is 1.70 bits per heavy atom. The van der Waals surface area contributed by atoms with Crippen molar-refractivity contribution >= 4 is 50.5 Å². The maximum Gasteiger partial charge on any atom is 0.254 e. The van der Waals surface area contributed by atoms with Crippen LogP contribution >= 0.6 is 11.6 Å².